The van der Waals surface area contributed by atoms with Crippen LogP contribution in [-0.2, 0) is 9.59 Å². The van der Waals surface area contributed by atoms with Crippen LogP contribution in [0.3, 0.4) is 0 Å². The second-order valence-corrected chi connectivity index (χ2v) is 6.44. The second kappa shape index (κ2) is 7.43. The molecule has 136 valence electrons. The predicted molar refractivity (Wildman–Crippen MR) is 96.6 cm³/mol. The summed E-state index contributed by atoms with van der Waals surface area (Å²) in [6, 6.07) is 11.6. The van der Waals surface area contributed by atoms with Gasteiger partial charge in [-0.3, -0.25) is 25.2 Å². The first-order valence-electron chi connectivity index (χ1n) is 8.58. The van der Waals surface area contributed by atoms with Crippen LogP contribution in [0, 0.1) is 19.8 Å². The zero-order chi connectivity index (χ0) is 18.7. The van der Waals surface area contributed by atoms with E-state index in [0.29, 0.717) is 24.9 Å². The summed E-state index contributed by atoms with van der Waals surface area (Å²) in [5.41, 5.74) is 8.14. The van der Waals surface area contributed by atoms with Crippen molar-refractivity contribution in [2.45, 2.75) is 26.7 Å². The van der Waals surface area contributed by atoms with Gasteiger partial charge in [-0.1, -0.05) is 18.2 Å². The maximum atomic E-state index is 12.5. The van der Waals surface area contributed by atoms with Crippen molar-refractivity contribution in [1.82, 2.24) is 20.7 Å². The summed E-state index contributed by atoms with van der Waals surface area (Å²) in [6.45, 7) is 4.09. The van der Waals surface area contributed by atoms with Crippen LogP contribution in [0.2, 0.25) is 0 Å². The fourth-order valence-electron chi connectivity index (χ4n) is 3.21. The number of hydrazine groups is 1. The number of carbonyl (C=O) groups excluding carboxylic acids is 3. The van der Waals surface area contributed by atoms with E-state index in [1.807, 2.05) is 48.7 Å². The molecular formula is C19H22N4O3. The van der Waals surface area contributed by atoms with Gasteiger partial charge in [-0.25, -0.2) is 0 Å². The van der Waals surface area contributed by atoms with E-state index in [9.17, 15) is 14.4 Å². The fourth-order valence-corrected chi connectivity index (χ4v) is 3.21. The van der Waals surface area contributed by atoms with Crippen molar-refractivity contribution < 1.29 is 14.4 Å². The number of nitrogens with one attached hydrogen (secondary N) is 3. The van der Waals surface area contributed by atoms with Gasteiger partial charge in [-0.05, 0) is 38.5 Å². The number of amides is 3. The number of carbonyl (C=O) groups is 3. The number of hydrogen-bond acceptors (Lipinski definition) is 3. The van der Waals surface area contributed by atoms with Crippen molar-refractivity contribution in [2.75, 3.05) is 6.54 Å². The Labute approximate surface area is 151 Å². The van der Waals surface area contributed by atoms with E-state index in [-0.39, 0.29) is 23.6 Å². The van der Waals surface area contributed by atoms with Gasteiger partial charge in [0.05, 0.1) is 11.5 Å². The molecule has 1 atom stereocenters. The highest BCUT2D eigenvalue weighted by Gasteiger charge is 2.25. The monoisotopic (exact) mass is 354 g/mol. The van der Waals surface area contributed by atoms with E-state index in [2.05, 4.69) is 16.2 Å². The average Bonchev–Trinajstić information content (AvgIpc) is 2.95. The summed E-state index contributed by atoms with van der Waals surface area (Å²) < 4.78 is 1.99. The van der Waals surface area contributed by atoms with Gasteiger partial charge in [0.25, 0.3) is 5.91 Å². The maximum absolute atomic E-state index is 12.5. The van der Waals surface area contributed by atoms with Crippen molar-refractivity contribution in [3.05, 3.63) is 53.3 Å². The maximum Gasteiger partial charge on any atom is 0.271 e. The standard InChI is InChI=1S/C19H22N4O3/c1-12-10-16(13(2)23(12)15-6-4-3-5-7-15)19(26)22-21-18(25)14-8-9-17(24)20-11-14/h3-7,10,14H,8-9,11H2,1-2H3,(H,20,24)(H,21,25)(H,22,26)/t14-/m0/s1. The number of para-hydroxylation sites is 1. The Bertz CT molecular complexity index is 832. The first-order valence-corrected chi connectivity index (χ1v) is 8.58. The zero-order valence-corrected chi connectivity index (χ0v) is 14.8. The number of aromatic nitrogens is 1. The highest BCUT2D eigenvalue weighted by atomic mass is 16.2. The third-order valence-electron chi connectivity index (χ3n) is 4.63. The van der Waals surface area contributed by atoms with Crippen LogP contribution in [0.4, 0.5) is 0 Å². The molecule has 0 unspecified atom stereocenters. The zero-order valence-electron chi connectivity index (χ0n) is 14.8. The Balaban J connectivity index is 1.67. The van der Waals surface area contributed by atoms with Crippen LogP contribution in [0.5, 0.6) is 0 Å². The van der Waals surface area contributed by atoms with Gasteiger partial charge in [0.2, 0.25) is 11.8 Å². The van der Waals surface area contributed by atoms with Gasteiger partial charge < -0.3 is 9.88 Å². The van der Waals surface area contributed by atoms with Crippen molar-refractivity contribution >= 4 is 17.7 Å². The number of rotatable bonds is 3. The predicted octanol–water partition coefficient (Wildman–Crippen LogP) is 1.38. The molecule has 0 spiro atoms. The average molecular weight is 354 g/mol. The van der Waals surface area contributed by atoms with Crippen LogP contribution < -0.4 is 16.2 Å². The van der Waals surface area contributed by atoms with E-state index in [1.54, 1.807) is 6.07 Å². The minimum Gasteiger partial charge on any atom is -0.355 e. The molecule has 3 amide bonds. The molecule has 1 aromatic carbocycles. The van der Waals surface area contributed by atoms with Crippen LogP contribution >= 0.6 is 0 Å². The van der Waals surface area contributed by atoms with Crippen LogP contribution in [0.1, 0.15) is 34.6 Å². The topological polar surface area (TPSA) is 92.2 Å². The van der Waals surface area contributed by atoms with Gasteiger partial charge in [-0.2, -0.15) is 0 Å². The molecule has 0 aliphatic carbocycles. The van der Waals surface area contributed by atoms with Crippen LogP contribution in [0.15, 0.2) is 36.4 Å². The number of piperidine rings is 1. The molecule has 26 heavy (non-hydrogen) atoms. The molecule has 7 heteroatoms. The minimum absolute atomic E-state index is 0.0496. The highest BCUT2D eigenvalue weighted by Crippen LogP contribution is 2.20. The molecule has 3 rings (SSSR count). The van der Waals surface area contributed by atoms with Crippen molar-refractivity contribution in [3.63, 3.8) is 0 Å². The molecule has 1 fully saturated rings. The Morgan fingerprint density at radius 1 is 1.15 bits per heavy atom. The van der Waals surface area contributed by atoms with Crippen molar-refractivity contribution in [2.24, 2.45) is 5.92 Å². The van der Waals surface area contributed by atoms with Crippen LogP contribution in [0.25, 0.3) is 5.69 Å². The van der Waals surface area contributed by atoms with Gasteiger partial charge >= 0.3 is 0 Å². The number of benzene rings is 1. The number of aryl methyl sites for hydroxylation is 1. The third-order valence-corrected chi connectivity index (χ3v) is 4.63. The Hall–Kier alpha value is -3.09. The van der Waals surface area contributed by atoms with Gasteiger partial charge in [0, 0.05) is 30.0 Å². The van der Waals surface area contributed by atoms with Gasteiger partial charge in [0.1, 0.15) is 0 Å². The van der Waals surface area contributed by atoms with E-state index in [4.69, 9.17) is 0 Å². The number of nitrogens with zero attached hydrogens (tertiary/aromatic N) is 1. The Morgan fingerprint density at radius 3 is 2.54 bits per heavy atom. The Kier molecular flexibility index (Phi) is 5.06. The molecular weight excluding hydrogens is 332 g/mol. The summed E-state index contributed by atoms with van der Waals surface area (Å²) in [5.74, 6) is -1.04. The molecule has 1 aliphatic rings. The number of hydrogen-bond donors (Lipinski definition) is 3. The van der Waals surface area contributed by atoms with Gasteiger partial charge in [-0.15, -0.1) is 0 Å². The summed E-state index contributed by atoms with van der Waals surface area (Å²) in [7, 11) is 0. The fraction of sp³-hybridized carbons (Fsp3) is 0.316. The molecule has 1 saturated heterocycles. The molecule has 0 saturated carbocycles. The SMILES string of the molecule is Cc1cc(C(=O)NNC(=O)[C@H]2CCC(=O)NC2)c(C)n1-c1ccccc1. The molecule has 0 radical (unpaired) electrons. The van der Waals surface area contributed by atoms with Crippen LogP contribution in [-0.4, -0.2) is 28.8 Å². The minimum atomic E-state index is -0.367. The lowest BCUT2D eigenvalue weighted by Gasteiger charge is -2.21. The summed E-state index contributed by atoms with van der Waals surface area (Å²) in [5, 5.41) is 2.65. The molecule has 2 heterocycles. The quantitative estimate of drug-likeness (QED) is 0.727. The van der Waals surface area contributed by atoms with E-state index in [1.165, 1.54) is 0 Å². The normalized spacial score (nSPS) is 16.7. The lowest BCUT2D eigenvalue weighted by atomic mass is 9.99. The molecule has 0 bridgehead atoms. The highest BCUT2D eigenvalue weighted by molar-refractivity contribution is 5.97. The lowest BCUT2D eigenvalue weighted by molar-refractivity contribution is -0.129. The third kappa shape index (κ3) is 3.61. The van der Waals surface area contributed by atoms with Gasteiger partial charge in [0.15, 0.2) is 0 Å². The first kappa shape index (κ1) is 17.7. The van der Waals surface area contributed by atoms with E-state index >= 15 is 0 Å². The smallest absolute Gasteiger partial charge is 0.271 e. The van der Waals surface area contributed by atoms with Crippen molar-refractivity contribution in [3.8, 4) is 5.69 Å². The Morgan fingerprint density at radius 2 is 1.88 bits per heavy atom. The molecule has 1 aromatic heterocycles. The molecule has 3 N–H and O–H groups in total. The second-order valence-electron chi connectivity index (χ2n) is 6.44. The molecule has 1 aliphatic heterocycles. The summed E-state index contributed by atoms with van der Waals surface area (Å²) in [6.07, 6.45) is 0.806. The van der Waals surface area contributed by atoms with E-state index in [0.717, 1.165) is 17.1 Å². The summed E-state index contributed by atoms with van der Waals surface area (Å²) in [4.78, 5) is 35.8. The molecule has 7 nitrogen and oxygen atoms in total. The largest absolute Gasteiger partial charge is 0.355 e. The van der Waals surface area contributed by atoms with E-state index < -0.39 is 0 Å². The first-order chi connectivity index (χ1) is 12.5. The lowest BCUT2D eigenvalue weighted by Crippen LogP contribution is -2.49. The van der Waals surface area contributed by atoms with Crippen molar-refractivity contribution in [1.29, 1.82) is 0 Å². The molecule has 2 aromatic rings. The summed E-state index contributed by atoms with van der Waals surface area (Å²) >= 11 is 0.